The molecule has 7 heteroatoms. The monoisotopic (exact) mass is 266 g/mol. The molecule has 1 saturated carbocycles. The van der Waals surface area contributed by atoms with Gasteiger partial charge in [-0.05, 0) is 25.0 Å². The van der Waals surface area contributed by atoms with Crippen molar-refractivity contribution in [1.29, 1.82) is 0 Å². The molecule has 19 heavy (non-hydrogen) atoms. The maximum Gasteiger partial charge on any atom is 0.333 e. The second-order valence-corrected chi connectivity index (χ2v) is 4.55. The first kappa shape index (κ1) is 13.1. The summed E-state index contributed by atoms with van der Waals surface area (Å²) in [7, 11) is 1.35. The predicted octanol–water partition coefficient (Wildman–Crippen LogP) is 1.88. The van der Waals surface area contributed by atoms with E-state index in [1.807, 2.05) is 0 Å². The first-order chi connectivity index (χ1) is 9.00. The van der Waals surface area contributed by atoms with E-state index in [2.05, 4.69) is 5.32 Å². The number of nitro benzene ring substituents is 1. The number of hydrogen-bond acceptors (Lipinski definition) is 5. The third kappa shape index (κ3) is 2.44. The molecule has 1 aromatic rings. The minimum absolute atomic E-state index is 0.148. The van der Waals surface area contributed by atoms with Crippen molar-refractivity contribution in [2.45, 2.75) is 12.8 Å². The van der Waals surface area contributed by atoms with Crippen molar-refractivity contribution in [3.8, 4) is 5.75 Å². The Morgan fingerprint density at radius 1 is 1.58 bits per heavy atom. The number of aliphatic carboxylic acids is 1. The second kappa shape index (κ2) is 4.75. The van der Waals surface area contributed by atoms with Crippen LogP contribution in [0.1, 0.15) is 12.8 Å². The molecule has 0 bridgehead atoms. The molecule has 0 heterocycles. The maximum absolute atomic E-state index is 11.0. The molecule has 0 saturated heterocycles. The van der Waals surface area contributed by atoms with Crippen LogP contribution in [0.15, 0.2) is 18.2 Å². The summed E-state index contributed by atoms with van der Waals surface area (Å²) >= 11 is 0. The van der Waals surface area contributed by atoms with Gasteiger partial charge in [-0.25, -0.2) is 0 Å². The molecule has 2 rings (SSSR count). The zero-order valence-corrected chi connectivity index (χ0v) is 10.4. The fraction of sp³-hybridized carbons (Fsp3) is 0.417. The molecule has 0 aromatic heterocycles. The fourth-order valence-corrected chi connectivity index (χ4v) is 1.90. The van der Waals surface area contributed by atoms with E-state index in [1.165, 1.54) is 13.2 Å². The highest BCUT2D eigenvalue weighted by molar-refractivity contribution is 5.79. The Balaban J connectivity index is 2.21. The number of nitrogens with zero attached hydrogens (tertiary/aromatic N) is 1. The van der Waals surface area contributed by atoms with Crippen LogP contribution in [0.2, 0.25) is 0 Å². The van der Waals surface area contributed by atoms with Gasteiger partial charge in [0.1, 0.15) is 5.69 Å². The van der Waals surface area contributed by atoms with E-state index in [1.54, 1.807) is 12.1 Å². The summed E-state index contributed by atoms with van der Waals surface area (Å²) in [5.41, 5.74) is -0.681. The molecule has 0 atom stereocenters. The van der Waals surface area contributed by atoms with Gasteiger partial charge in [-0.15, -0.1) is 0 Å². The van der Waals surface area contributed by atoms with E-state index in [0.29, 0.717) is 12.8 Å². The lowest BCUT2D eigenvalue weighted by atomic mass is 10.1. The lowest BCUT2D eigenvalue weighted by Gasteiger charge is -2.13. The van der Waals surface area contributed by atoms with Crippen molar-refractivity contribution < 1.29 is 19.6 Å². The molecular weight excluding hydrogens is 252 g/mol. The van der Waals surface area contributed by atoms with Crippen molar-refractivity contribution >= 4 is 17.3 Å². The highest BCUT2D eigenvalue weighted by atomic mass is 16.6. The van der Waals surface area contributed by atoms with Crippen molar-refractivity contribution in [3.63, 3.8) is 0 Å². The largest absolute Gasteiger partial charge is 0.490 e. The number of ether oxygens (including phenoxy) is 1. The Morgan fingerprint density at radius 2 is 2.26 bits per heavy atom. The fourth-order valence-electron chi connectivity index (χ4n) is 1.90. The molecule has 0 amide bonds. The Hall–Kier alpha value is -2.31. The van der Waals surface area contributed by atoms with E-state index in [9.17, 15) is 14.9 Å². The van der Waals surface area contributed by atoms with Crippen LogP contribution >= 0.6 is 0 Å². The van der Waals surface area contributed by atoms with Crippen LogP contribution in [0.3, 0.4) is 0 Å². The lowest BCUT2D eigenvalue weighted by Crippen LogP contribution is -2.24. The van der Waals surface area contributed by atoms with Crippen molar-refractivity contribution in [2.75, 3.05) is 19.0 Å². The average Bonchev–Trinajstić information content (AvgIpc) is 3.16. The van der Waals surface area contributed by atoms with Crippen LogP contribution in [0.25, 0.3) is 0 Å². The topological polar surface area (TPSA) is 102 Å². The van der Waals surface area contributed by atoms with Gasteiger partial charge in [-0.3, -0.25) is 14.9 Å². The number of carbonyl (C=O) groups is 1. The number of carboxylic acid groups (broad SMARTS) is 1. The Kier molecular flexibility index (Phi) is 3.28. The van der Waals surface area contributed by atoms with Crippen molar-refractivity contribution in [3.05, 3.63) is 28.3 Å². The number of nitrogens with one attached hydrogen (secondary N) is 1. The second-order valence-electron chi connectivity index (χ2n) is 4.55. The molecule has 1 fully saturated rings. The number of benzene rings is 1. The van der Waals surface area contributed by atoms with Gasteiger partial charge in [0.2, 0.25) is 0 Å². The van der Waals surface area contributed by atoms with Gasteiger partial charge in [-0.2, -0.15) is 0 Å². The quantitative estimate of drug-likeness (QED) is 0.602. The normalized spacial score (nSPS) is 15.6. The zero-order valence-electron chi connectivity index (χ0n) is 10.4. The van der Waals surface area contributed by atoms with Crippen LogP contribution in [0.4, 0.5) is 11.4 Å². The number of hydrogen-bond donors (Lipinski definition) is 2. The van der Waals surface area contributed by atoms with Crippen LogP contribution in [-0.4, -0.2) is 29.7 Å². The molecule has 1 aliphatic carbocycles. The molecule has 102 valence electrons. The molecule has 0 radical (unpaired) electrons. The van der Waals surface area contributed by atoms with Gasteiger partial charge in [0.05, 0.1) is 17.4 Å². The number of methoxy groups -OCH3 is 1. The van der Waals surface area contributed by atoms with Crippen LogP contribution < -0.4 is 10.1 Å². The molecule has 1 aromatic carbocycles. The maximum atomic E-state index is 11.0. The van der Waals surface area contributed by atoms with E-state index in [-0.39, 0.29) is 23.7 Å². The molecule has 2 N–H and O–H groups in total. The van der Waals surface area contributed by atoms with Crippen molar-refractivity contribution in [2.24, 2.45) is 5.41 Å². The molecule has 0 aliphatic heterocycles. The molecule has 1 aliphatic rings. The third-order valence-electron chi connectivity index (χ3n) is 3.33. The molecule has 0 unspecified atom stereocenters. The summed E-state index contributed by atoms with van der Waals surface area (Å²) in [6.07, 6.45) is 1.18. The van der Waals surface area contributed by atoms with Crippen molar-refractivity contribution in [1.82, 2.24) is 0 Å². The first-order valence-corrected chi connectivity index (χ1v) is 5.79. The number of anilines is 1. The minimum Gasteiger partial charge on any atom is -0.490 e. The highest BCUT2D eigenvalue weighted by Crippen LogP contribution is 2.46. The predicted molar refractivity (Wildman–Crippen MR) is 67.4 cm³/mol. The van der Waals surface area contributed by atoms with Gasteiger partial charge in [0.15, 0.2) is 5.75 Å². The number of nitro groups is 1. The molecule has 0 spiro atoms. The van der Waals surface area contributed by atoms with Gasteiger partial charge < -0.3 is 15.2 Å². The van der Waals surface area contributed by atoms with Gasteiger partial charge in [0.25, 0.3) is 0 Å². The van der Waals surface area contributed by atoms with Gasteiger partial charge >= 0.3 is 11.7 Å². The SMILES string of the molecule is COc1cccc(NCC2(C(=O)O)CC2)c1[N+](=O)[O-]. The summed E-state index contributed by atoms with van der Waals surface area (Å²) in [5, 5.41) is 23.0. The summed E-state index contributed by atoms with van der Waals surface area (Å²) < 4.78 is 4.94. The zero-order chi connectivity index (χ0) is 14.0. The summed E-state index contributed by atoms with van der Waals surface area (Å²) in [6, 6.07) is 4.65. The van der Waals surface area contributed by atoms with E-state index in [0.717, 1.165) is 0 Å². The van der Waals surface area contributed by atoms with E-state index < -0.39 is 16.3 Å². The van der Waals surface area contributed by atoms with E-state index >= 15 is 0 Å². The summed E-state index contributed by atoms with van der Waals surface area (Å²) in [4.78, 5) is 21.6. The third-order valence-corrected chi connectivity index (χ3v) is 3.33. The molecular formula is C12H14N2O5. The minimum atomic E-state index is -0.870. The number of rotatable bonds is 6. The van der Waals surface area contributed by atoms with E-state index in [4.69, 9.17) is 9.84 Å². The smallest absolute Gasteiger partial charge is 0.333 e. The van der Waals surface area contributed by atoms with Gasteiger partial charge in [0, 0.05) is 6.54 Å². The van der Waals surface area contributed by atoms with Gasteiger partial charge in [-0.1, -0.05) is 6.07 Å². The Labute approximate surface area is 109 Å². The van der Waals surface area contributed by atoms with Crippen LogP contribution in [-0.2, 0) is 4.79 Å². The van der Waals surface area contributed by atoms with Crippen LogP contribution in [0.5, 0.6) is 5.75 Å². The van der Waals surface area contributed by atoms with Crippen LogP contribution in [0, 0.1) is 15.5 Å². The summed E-state index contributed by atoms with van der Waals surface area (Å²) in [6.45, 7) is 0.177. The standard InChI is InChI=1S/C12H14N2O5/c1-19-9-4-2-3-8(10(9)14(17)18)13-7-12(5-6-12)11(15)16/h2-4,13H,5-7H2,1H3,(H,15,16). The summed E-state index contributed by atoms with van der Waals surface area (Å²) in [5.74, 6) is -0.722. The average molecular weight is 266 g/mol. The Bertz CT molecular complexity index is 525. The highest BCUT2D eigenvalue weighted by Gasteiger charge is 2.50. The number of para-hydroxylation sites is 1. The molecule has 7 nitrogen and oxygen atoms in total. The Morgan fingerprint density at radius 3 is 2.74 bits per heavy atom. The first-order valence-electron chi connectivity index (χ1n) is 5.79. The lowest BCUT2D eigenvalue weighted by molar-refractivity contribution is -0.384. The number of carboxylic acids is 1.